The summed E-state index contributed by atoms with van der Waals surface area (Å²) in [6, 6.07) is 0. The Morgan fingerprint density at radius 1 is 1.91 bits per heavy atom. The molecule has 1 aliphatic rings. The minimum atomic E-state index is -0.0322. The summed E-state index contributed by atoms with van der Waals surface area (Å²) in [5.41, 5.74) is 2.72. The largest absolute Gasteiger partial charge is 0.272 e. The summed E-state index contributed by atoms with van der Waals surface area (Å²) in [6.07, 6.45) is 5.00. The molecule has 1 amide bonds. The molecule has 0 radical (unpaired) electrons. The number of hydrogen-bond acceptors (Lipinski definition) is 4. The number of rotatable bonds is 2. The van der Waals surface area contributed by atoms with E-state index in [2.05, 4.69) is 11.3 Å². The van der Waals surface area contributed by atoms with Crippen molar-refractivity contribution in [2.75, 3.05) is 12.3 Å². The Morgan fingerprint density at radius 2 is 2.64 bits per heavy atom. The molecule has 0 aromatic rings. The van der Waals surface area contributed by atoms with Crippen LogP contribution < -0.4 is 5.43 Å². The molecule has 0 aromatic carbocycles. The molecule has 3 nitrogen and oxygen atoms in total. The molecule has 0 aliphatic carbocycles. The quantitative estimate of drug-likeness (QED) is 0.485. The second-order valence-electron chi connectivity index (χ2n) is 1.82. The number of amides is 1. The van der Waals surface area contributed by atoms with Crippen LogP contribution in [-0.2, 0) is 4.79 Å². The van der Waals surface area contributed by atoms with Gasteiger partial charge in [0.25, 0.3) is 5.91 Å². The Bertz CT molecular complexity index is 217. The molecule has 0 bridgehead atoms. The third-order valence-corrected chi connectivity index (χ3v) is 2.45. The lowest BCUT2D eigenvalue weighted by Crippen LogP contribution is -2.41. The van der Waals surface area contributed by atoms with E-state index in [1.54, 1.807) is 0 Å². The zero-order chi connectivity index (χ0) is 8.27. The van der Waals surface area contributed by atoms with Crippen LogP contribution in [0.25, 0.3) is 0 Å². The highest BCUT2D eigenvalue weighted by Crippen LogP contribution is 2.16. The lowest BCUT2D eigenvalue weighted by Gasteiger charge is -2.13. The Hall–Kier alpha value is -0.570. The number of terminal acetylenes is 1. The molecule has 1 heterocycles. The van der Waals surface area contributed by atoms with Crippen LogP contribution in [0.15, 0.2) is 0 Å². The summed E-state index contributed by atoms with van der Waals surface area (Å²) in [4.78, 5) is 11.0. The Balaban J connectivity index is 2.49. The maximum absolute atomic E-state index is 11.0. The third-order valence-electron chi connectivity index (χ3n) is 1.09. The molecule has 11 heavy (non-hydrogen) atoms. The van der Waals surface area contributed by atoms with Gasteiger partial charge in [-0.3, -0.25) is 4.79 Å². The summed E-state index contributed by atoms with van der Waals surface area (Å²) in [7, 11) is 0. The third kappa shape index (κ3) is 1.93. The minimum Gasteiger partial charge on any atom is -0.272 e. The molecule has 1 saturated heterocycles. The first-order valence-electron chi connectivity index (χ1n) is 2.92. The molecule has 0 saturated carbocycles. The fourth-order valence-corrected chi connectivity index (χ4v) is 1.65. The van der Waals surface area contributed by atoms with E-state index in [4.69, 9.17) is 18.6 Å². The Morgan fingerprint density at radius 3 is 3.09 bits per heavy atom. The highest BCUT2D eigenvalue weighted by Gasteiger charge is 2.25. The fourth-order valence-electron chi connectivity index (χ4n) is 0.632. The van der Waals surface area contributed by atoms with E-state index >= 15 is 0 Å². The summed E-state index contributed by atoms with van der Waals surface area (Å²) >= 11 is 6.21. The van der Waals surface area contributed by atoms with E-state index in [0.29, 0.717) is 16.6 Å². The summed E-state index contributed by atoms with van der Waals surface area (Å²) in [5.74, 6) is 2.74. The van der Waals surface area contributed by atoms with Gasteiger partial charge in [0, 0.05) is 0 Å². The van der Waals surface area contributed by atoms with Crippen LogP contribution in [0, 0.1) is 12.3 Å². The van der Waals surface area contributed by atoms with Gasteiger partial charge in [0.2, 0.25) is 0 Å². The molecule has 1 N–H and O–H groups in total. The van der Waals surface area contributed by atoms with Crippen molar-refractivity contribution in [2.24, 2.45) is 0 Å². The molecule has 5 heteroatoms. The zero-order valence-electron chi connectivity index (χ0n) is 5.66. The predicted octanol–water partition coefficient (Wildman–Crippen LogP) is -0.0155. The number of carbonyl (C=O) groups excluding carboxylic acids is 1. The molecule has 1 aliphatic heterocycles. The number of carbonyl (C=O) groups is 1. The average Bonchev–Trinajstić information content (AvgIpc) is 2.29. The van der Waals surface area contributed by atoms with E-state index in [9.17, 15) is 4.79 Å². The lowest BCUT2D eigenvalue weighted by molar-refractivity contribution is -0.125. The first-order valence-corrected chi connectivity index (χ1v) is 4.32. The monoisotopic (exact) mass is 186 g/mol. The number of hydrogen-bond donors (Lipinski definition) is 1. The van der Waals surface area contributed by atoms with Gasteiger partial charge in [0.15, 0.2) is 4.32 Å². The van der Waals surface area contributed by atoms with Gasteiger partial charge in [-0.25, -0.2) is 10.4 Å². The molecule has 58 valence electrons. The molecular weight excluding hydrogens is 180 g/mol. The zero-order valence-corrected chi connectivity index (χ0v) is 7.30. The van der Waals surface area contributed by atoms with Gasteiger partial charge in [-0.2, -0.15) is 0 Å². The second-order valence-corrected chi connectivity index (χ2v) is 3.43. The number of thioether (sulfide) groups is 1. The van der Waals surface area contributed by atoms with E-state index in [-0.39, 0.29) is 5.91 Å². The maximum atomic E-state index is 11.0. The van der Waals surface area contributed by atoms with Crippen molar-refractivity contribution in [3.8, 4) is 12.3 Å². The highest BCUT2D eigenvalue weighted by molar-refractivity contribution is 8.23. The number of nitrogens with one attached hydrogen (secondary N) is 1. The van der Waals surface area contributed by atoms with Crippen LogP contribution in [-0.4, -0.2) is 27.5 Å². The smallest absolute Gasteiger partial charge is 0.253 e. The maximum Gasteiger partial charge on any atom is 0.253 e. The van der Waals surface area contributed by atoms with Crippen molar-refractivity contribution >= 4 is 34.2 Å². The second kappa shape index (κ2) is 3.72. The Labute approximate surface area is 74.5 Å². The van der Waals surface area contributed by atoms with Crippen LogP contribution in [0.5, 0.6) is 0 Å². The fraction of sp³-hybridized carbons (Fsp3) is 0.333. The molecule has 0 spiro atoms. The van der Waals surface area contributed by atoms with Gasteiger partial charge < -0.3 is 0 Å². The molecule has 0 atom stereocenters. The van der Waals surface area contributed by atoms with Crippen molar-refractivity contribution < 1.29 is 4.79 Å². The van der Waals surface area contributed by atoms with E-state index in [1.807, 2.05) is 0 Å². The lowest BCUT2D eigenvalue weighted by atomic mass is 10.6. The number of nitrogens with zero attached hydrogens (tertiary/aromatic N) is 1. The van der Waals surface area contributed by atoms with Crippen LogP contribution in [0.2, 0.25) is 0 Å². The van der Waals surface area contributed by atoms with Crippen LogP contribution in [0.4, 0.5) is 0 Å². The Kier molecular flexibility index (Phi) is 2.88. The van der Waals surface area contributed by atoms with E-state index in [0.717, 1.165) is 0 Å². The summed E-state index contributed by atoms with van der Waals surface area (Å²) < 4.78 is 0.547. The summed E-state index contributed by atoms with van der Waals surface area (Å²) in [5, 5.41) is 1.32. The predicted molar refractivity (Wildman–Crippen MR) is 48.7 cm³/mol. The van der Waals surface area contributed by atoms with Gasteiger partial charge >= 0.3 is 0 Å². The van der Waals surface area contributed by atoms with Crippen LogP contribution in [0.1, 0.15) is 0 Å². The topological polar surface area (TPSA) is 32.3 Å². The van der Waals surface area contributed by atoms with Crippen LogP contribution >= 0.6 is 24.0 Å². The van der Waals surface area contributed by atoms with E-state index < -0.39 is 0 Å². The molecule has 0 unspecified atom stereocenters. The number of hydrazine groups is 1. The van der Waals surface area contributed by atoms with Gasteiger partial charge in [-0.15, -0.1) is 6.42 Å². The molecule has 1 rings (SSSR count). The minimum absolute atomic E-state index is 0.0322. The van der Waals surface area contributed by atoms with Crippen molar-refractivity contribution in [1.29, 1.82) is 0 Å². The standard InChI is InChI=1S/C6H6N2OS2/c1-2-3-7-8-5(9)4-11-6(8)10/h1,7H,3-4H2. The summed E-state index contributed by atoms with van der Waals surface area (Å²) in [6.45, 7) is 0.326. The van der Waals surface area contributed by atoms with Crippen molar-refractivity contribution in [3.63, 3.8) is 0 Å². The molecule has 1 fully saturated rings. The first kappa shape index (κ1) is 8.53. The van der Waals surface area contributed by atoms with Crippen molar-refractivity contribution in [1.82, 2.24) is 10.4 Å². The normalized spacial score (nSPS) is 17.2. The average molecular weight is 186 g/mol. The van der Waals surface area contributed by atoms with Gasteiger partial charge in [0.1, 0.15) is 0 Å². The van der Waals surface area contributed by atoms with Gasteiger partial charge in [-0.1, -0.05) is 29.9 Å². The van der Waals surface area contributed by atoms with Crippen molar-refractivity contribution in [3.05, 3.63) is 0 Å². The van der Waals surface area contributed by atoms with E-state index in [1.165, 1.54) is 16.8 Å². The molecular formula is C6H6N2OS2. The SMILES string of the molecule is C#CCNN1C(=O)CSC1=S. The van der Waals surface area contributed by atoms with Gasteiger partial charge in [0.05, 0.1) is 12.3 Å². The highest BCUT2D eigenvalue weighted by atomic mass is 32.2. The molecule has 0 aromatic heterocycles. The first-order chi connectivity index (χ1) is 5.25. The van der Waals surface area contributed by atoms with Crippen molar-refractivity contribution in [2.45, 2.75) is 0 Å². The number of thiocarbonyl (C=S) groups is 1. The van der Waals surface area contributed by atoms with Crippen LogP contribution in [0.3, 0.4) is 0 Å². The van der Waals surface area contributed by atoms with Gasteiger partial charge in [-0.05, 0) is 0 Å².